The molecule has 0 radical (unpaired) electrons. The lowest BCUT2D eigenvalue weighted by Gasteiger charge is -2.21. The van der Waals surface area contributed by atoms with Crippen LogP contribution in [-0.2, 0) is 10.0 Å². The van der Waals surface area contributed by atoms with Gasteiger partial charge >= 0.3 is 0 Å². The van der Waals surface area contributed by atoms with Crippen LogP contribution >= 0.6 is 11.3 Å². The van der Waals surface area contributed by atoms with Crippen LogP contribution in [0.1, 0.15) is 0 Å². The standard InChI is InChI=1S/C19H21FN4O4S2/c1-23(2)15-9-24(10-16(15)25)17-3-4-18(29-17)30(27,28)22-14-8-12-11(7-13(14)20)5-6-21-19(12)26/h3-8,15-16,22,25H,9-10H2,1-2H3,(H,21,26)/t15-,16-/m0/s1. The molecule has 11 heteroatoms. The Morgan fingerprint density at radius 1 is 1.27 bits per heavy atom. The van der Waals surface area contributed by atoms with E-state index in [1.165, 1.54) is 24.4 Å². The number of nitrogens with one attached hydrogen (secondary N) is 2. The van der Waals surface area contributed by atoms with Crippen molar-refractivity contribution in [3.8, 4) is 0 Å². The third-order valence-corrected chi connectivity index (χ3v) is 8.17. The molecule has 3 heterocycles. The number of anilines is 2. The molecule has 1 fully saturated rings. The lowest BCUT2D eigenvalue weighted by atomic mass is 10.1. The molecular weight excluding hydrogens is 431 g/mol. The van der Waals surface area contributed by atoms with Crippen molar-refractivity contribution >= 4 is 42.8 Å². The second kappa shape index (κ2) is 7.65. The summed E-state index contributed by atoms with van der Waals surface area (Å²) in [5.41, 5.74) is -0.729. The summed E-state index contributed by atoms with van der Waals surface area (Å²) in [4.78, 5) is 18.3. The Kier molecular flexibility index (Phi) is 5.30. The third-order valence-electron chi connectivity index (χ3n) is 5.17. The van der Waals surface area contributed by atoms with Crippen LogP contribution in [-0.4, -0.2) is 62.7 Å². The largest absolute Gasteiger partial charge is 0.390 e. The lowest BCUT2D eigenvalue weighted by Crippen LogP contribution is -2.37. The summed E-state index contributed by atoms with van der Waals surface area (Å²) in [5.74, 6) is -0.773. The summed E-state index contributed by atoms with van der Waals surface area (Å²) in [6.45, 7) is 0.974. The Bertz CT molecular complexity index is 1250. The predicted octanol–water partition coefficient (Wildman–Crippen LogP) is 1.64. The van der Waals surface area contributed by atoms with E-state index in [-0.39, 0.29) is 21.3 Å². The average Bonchev–Trinajstić information content (AvgIpc) is 3.30. The minimum Gasteiger partial charge on any atom is -0.390 e. The number of hydrogen-bond acceptors (Lipinski definition) is 7. The number of fused-ring (bicyclic) bond motifs is 1. The zero-order valence-corrected chi connectivity index (χ0v) is 17.9. The second-order valence-electron chi connectivity index (χ2n) is 7.43. The van der Waals surface area contributed by atoms with Gasteiger partial charge < -0.3 is 19.9 Å². The van der Waals surface area contributed by atoms with Crippen LogP contribution in [0.2, 0.25) is 0 Å². The predicted molar refractivity (Wildman–Crippen MR) is 115 cm³/mol. The molecule has 3 N–H and O–H groups in total. The van der Waals surface area contributed by atoms with E-state index in [9.17, 15) is 22.7 Å². The van der Waals surface area contributed by atoms with Crippen molar-refractivity contribution in [1.29, 1.82) is 0 Å². The van der Waals surface area contributed by atoms with Crippen LogP contribution in [0, 0.1) is 5.82 Å². The van der Waals surface area contributed by atoms with Crippen molar-refractivity contribution in [3.05, 3.63) is 52.7 Å². The van der Waals surface area contributed by atoms with Gasteiger partial charge in [-0.25, -0.2) is 12.8 Å². The van der Waals surface area contributed by atoms with Crippen LogP contribution in [0.5, 0.6) is 0 Å². The molecule has 8 nitrogen and oxygen atoms in total. The highest BCUT2D eigenvalue weighted by Crippen LogP contribution is 2.33. The quantitative estimate of drug-likeness (QED) is 0.544. The molecule has 0 bridgehead atoms. The summed E-state index contributed by atoms with van der Waals surface area (Å²) in [6, 6.07) is 6.92. The first-order chi connectivity index (χ1) is 14.2. The van der Waals surface area contributed by atoms with Crippen LogP contribution in [0.25, 0.3) is 10.8 Å². The minimum atomic E-state index is -4.05. The van der Waals surface area contributed by atoms with Gasteiger partial charge in [0.05, 0.1) is 22.8 Å². The van der Waals surface area contributed by atoms with Crippen molar-refractivity contribution in [3.63, 3.8) is 0 Å². The molecule has 2 aromatic heterocycles. The molecule has 0 aliphatic carbocycles. The first kappa shape index (κ1) is 20.8. The number of thiophene rings is 1. The first-order valence-electron chi connectivity index (χ1n) is 9.19. The Labute approximate surface area is 176 Å². The highest BCUT2D eigenvalue weighted by Gasteiger charge is 2.34. The molecule has 3 aromatic rings. The molecule has 0 spiro atoms. The number of rotatable bonds is 5. The molecule has 1 aromatic carbocycles. The van der Waals surface area contributed by atoms with Gasteiger partial charge in [0.2, 0.25) is 0 Å². The van der Waals surface area contributed by atoms with Crippen molar-refractivity contribution in [2.24, 2.45) is 0 Å². The van der Waals surface area contributed by atoms with E-state index in [0.29, 0.717) is 23.5 Å². The van der Waals surface area contributed by atoms with Gasteiger partial charge in [-0.2, -0.15) is 0 Å². The number of aromatic amines is 1. The molecule has 0 unspecified atom stereocenters. The molecule has 2 atom stereocenters. The molecule has 0 amide bonds. The molecule has 1 aliphatic heterocycles. The maximum absolute atomic E-state index is 14.4. The van der Waals surface area contributed by atoms with Crippen LogP contribution in [0.4, 0.5) is 15.1 Å². The molecule has 4 rings (SSSR count). The summed E-state index contributed by atoms with van der Waals surface area (Å²) in [5, 5.41) is 11.5. The zero-order valence-electron chi connectivity index (χ0n) is 16.3. The van der Waals surface area contributed by atoms with Gasteiger partial charge in [0, 0.05) is 24.7 Å². The first-order valence-corrected chi connectivity index (χ1v) is 11.5. The van der Waals surface area contributed by atoms with Gasteiger partial charge in [-0.15, -0.1) is 11.3 Å². The smallest absolute Gasteiger partial charge is 0.271 e. The van der Waals surface area contributed by atoms with E-state index in [1.807, 2.05) is 23.9 Å². The maximum Gasteiger partial charge on any atom is 0.271 e. The Hall–Kier alpha value is -2.47. The number of β-amino-alcohol motifs (C(OH)–C–C–N with tert-alkyl or cyclic N) is 1. The molecule has 1 aliphatic rings. The normalized spacial score (nSPS) is 19.7. The van der Waals surface area contributed by atoms with E-state index < -0.39 is 27.5 Å². The van der Waals surface area contributed by atoms with E-state index in [1.54, 1.807) is 6.07 Å². The van der Waals surface area contributed by atoms with Crippen LogP contribution in [0.15, 0.2) is 45.5 Å². The topological polar surface area (TPSA) is 106 Å². The van der Waals surface area contributed by atoms with Gasteiger partial charge in [-0.1, -0.05) is 0 Å². The Morgan fingerprint density at radius 3 is 2.73 bits per heavy atom. The number of hydrogen-bond donors (Lipinski definition) is 3. The second-order valence-corrected chi connectivity index (χ2v) is 10.4. The lowest BCUT2D eigenvalue weighted by molar-refractivity contribution is 0.114. The molecule has 0 saturated carbocycles. The maximum atomic E-state index is 14.4. The summed E-state index contributed by atoms with van der Waals surface area (Å²) in [7, 11) is -0.285. The summed E-state index contributed by atoms with van der Waals surface area (Å²) in [6.07, 6.45) is 0.863. The number of benzene rings is 1. The van der Waals surface area contributed by atoms with E-state index >= 15 is 0 Å². The highest BCUT2D eigenvalue weighted by atomic mass is 32.2. The van der Waals surface area contributed by atoms with Crippen molar-refractivity contribution < 1.29 is 17.9 Å². The van der Waals surface area contributed by atoms with Gasteiger partial charge in [0.1, 0.15) is 10.0 Å². The van der Waals surface area contributed by atoms with Crippen molar-refractivity contribution in [2.75, 3.05) is 36.8 Å². The van der Waals surface area contributed by atoms with Gasteiger partial charge in [0.25, 0.3) is 15.6 Å². The number of aromatic nitrogens is 1. The van der Waals surface area contributed by atoms with Gasteiger partial charge in [0.15, 0.2) is 0 Å². The molecule has 30 heavy (non-hydrogen) atoms. The summed E-state index contributed by atoms with van der Waals surface area (Å²) < 4.78 is 42.3. The van der Waals surface area contributed by atoms with Gasteiger partial charge in [-0.3, -0.25) is 9.52 Å². The highest BCUT2D eigenvalue weighted by molar-refractivity contribution is 7.94. The molecular formula is C19H21FN4O4S2. The average molecular weight is 453 g/mol. The van der Waals surface area contributed by atoms with Crippen molar-refractivity contribution in [2.45, 2.75) is 16.4 Å². The van der Waals surface area contributed by atoms with E-state index in [4.69, 9.17) is 0 Å². The van der Waals surface area contributed by atoms with Crippen LogP contribution in [0.3, 0.4) is 0 Å². The third kappa shape index (κ3) is 3.81. The zero-order chi connectivity index (χ0) is 21.6. The minimum absolute atomic E-state index is 0.0155. The number of halogens is 1. The number of pyridine rings is 1. The Balaban J connectivity index is 1.60. The summed E-state index contributed by atoms with van der Waals surface area (Å²) >= 11 is 1.04. The fraction of sp³-hybridized carbons (Fsp3) is 0.316. The fourth-order valence-electron chi connectivity index (χ4n) is 3.56. The fourth-order valence-corrected chi connectivity index (χ4v) is 5.93. The molecule has 160 valence electrons. The molecule has 1 saturated heterocycles. The monoisotopic (exact) mass is 452 g/mol. The number of aliphatic hydroxyl groups excluding tert-OH is 1. The number of H-pyrrole nitrogens is 1. The number of likely N-dealkylation sites (N-methyl/N-ethyl adjacent to an activating group) is 1. The number of aliphatic hydroxyl groups is 1. The van der Waals surface area contributed by atoms with E-state index in [2.05, 4.69) is 9.71 Å². The Morgan fingerprint density at radius 2 is 2.03 bits per heavy atom. The number of nitrogens with zero attached hydrogens (tertiary/aromatic N) is 2. The van der Waals surface area contributed by atoms with Crippen LogP contribution < -0.4 is 15.2 Å². The van der Waals surface area contributed by atoms with E-state index in [0.717, 1.165) is 17.4 Å². The van der Waals surface area contributed by atoms with Crippen molar-refractivity contribution in [1.82, 2.24) is 9.88 Å². The van der Waals surface area contributed by atoms with Gasteiger partial charge in [-0.05, 0) is 49.8 Å². The SMILES string of the molecule is CN(C)[C@H]1CN(c2ccc(S(=O)(=O)Nc3cc4c(=O)[nH]ccc4cc3F)s2)C[C@@H]1O. The number of sulfonamides is 1.